The van der Waals surface area contributed by atoms with E-state index in [-0.39, 0.29) is 35.9 Å². The van der Waals surface area contributed by atoms with E-state index in [0.717, 1.165) is 12.0 Å². The van der Waals surface area contributed by atoms with E-state index in [4.69, 9.17) is 23.7 Å². The summed E-state index contributed by atoms with van der Waals surface area (Å²) in [7, 11) is 4.78. The maximum absolute atomic E-state index is 12.5. The molecule has 196 valence electrons. The van der Waals surface area contributed by atoms with Gasteiger partial charge in [-0.15, -0.1) is 0 Å². The molecule has 2 aromatic carbocycles. The maximum atomic E-state index is 12.5. The van der Waals surface area contributed by atoms with Gasteiger partial charge >= 0.3 is 5.97 Å². The fraction of sp³-hybridized carbons (Fsp3) is 0.500. The molecule has 3 atom stereocenters. The molecule has 0 amide bonds. The second kappa shape index (κ2) is 11.8. The van der Waals surface area contributed by atoms with Gasteiger partial charge in [0.2, 0.25) is 5.75 Å². The number of carbonyl (C=O) groups excluding carboxylic acids is 1. The molecule has 1 aliphatic rings. The Morgan fingerprint density at radius 2 is 1.64 bits per heavy atom. The summed E-state index contributed by atoms with van der Waals surface area (Å²) in [4.78, 5) is 12.5. The molecule has 6 nitrogen and oxygen atoms in total. The van der Waals surface area contributed by atoms with Crippen molar-refractivity contribution < 1.29 is 28.5 Å². The number of rotatable bonds is 9. The average Bonchev–Trinajstić information content (AvgIpc) is 3.27. The first-order valence-electron chi connectivity index (χ1n) is 12.4. The molecule has 0 unspecified atom stereocenters. The highest BCUT2D eigenvalue weighted by atomic mass is 16.5. The van der Waals surface area contributed by atoms with Crippen LogP contribution in [-0.2, 0) is 26.1 Å². The van der Waals surface area contributed by atoms with E-state index in [0.29, 0.717) is 29.4 Å². The third-order valence-corrected chi connectivity index (χ3v) is 6.98. The summed E-state index contributed by atoms with van der Waals surface area (Å²) >= 11 is 0. The Balaban J connectivity index is 1.91. The summed E-state index contributed by atoms with van der Waals surface area (Å²) in [6.07, 6.45) is 2.31. The number of benzene rings is 2. The smallest absolute Gasteiger partial charge is 0.333 e. The van der Waals surface area contributed by atoms with Gasteiger partial charge in [0.25, 0.3) is 0 Å². The van der Waals surface area contributed by atoms with Gasteiger partial charge in [0, 0.05) is 11.5 Å². The van der Waals surface area contributed by atoms with Gasteiger partial charge in [0.05, 0.1) is 40.6 Å². The molecule has 0 aromatic heterocycles. The van der Waals surface area contributed by atoms with Crippen LogP contribution >= 0.6 is 0 Å². The van der Waals surface area contributed by atoms with Gasteiger partial charge in [-0.05, 0) is 60.4 Å². The van der Waals surface area contributed by atoms with Crippen LogP contribution < -0.4 is 14.2 Å². The zero-order valence-corrected chi connectivity index (χ0v) is 22.8. The van der Waals surface area contributed by atoms with E-state index >= 15 is 0 Å². The van der Waals surface area contributed by atoms with Crippen LogP contribution in [0.15, 0.2) is 48.0 Å². The molecule has 0 N–H and O–H groups in total. The Morgan fingerprint density at radius 1 is 1.03 bits per heavy atom. The van der Waals surface area contributed by atoms with E-state index in [9.17, 15) is 4.79 Å². The van der Waals surface area contributed by atoms with Crippen molar-refractivity contribution in [2.24, 2.45) is 11.8 Å². The van der Waals surface area contributed by atoms with Gasteiger partial charge in [-0.25, -0.2) is 4.79 Å². The molecular formula is C30H40O6. The molecule has 0 aliphatic carbocycles. The van der Waals surface area contributed by atoms with Crippen LogP contribution in [0.1, 0.15) is 57.4 Å². The topological polar surface area (TPSA) is 63.2 Å². The van der Waals surface area contributed by atoms with Gasteiger partial charge in [-0.1, -0.05) is 51.1 Å². The summed E-state index contributed by atoms with van der Waals surface area (Å²) in [6.45, 7) is 11.1. The van der Waals surface area contributed by atoms with Crippen LogP contribution in [0, 0.1) is 11.8 Å². The van der Waals surface area contributed by atoms with Crippen molar-refractivity contribution in [2.75, 3.05) is 34.5 Å². The minimum Gasteiger partial charge on any atom is -0.493 e. The van der Waals surface area contributed by atoms with E-state index < -0.39 is 0 Å². The van der Waals surface area contributed by atoms with Gasteiger partial charge < -0.3 is 23.7 Å². The summed E-state index contributed by atoms with van der Waals surface area (Å²) in [5, 5.41) is 0. The highest BCUT2D eigenvalue weighted by molar-refractivity contribution is 5.87. The zero-order chi connectivity index (χ0) is 26.5. The fourth-order valence-corrected chi connectivity index (χ4v) is 4.61. The van der Waals surface area contributed by atoms with E-state index in [2.05, 4.69) is 45.0 Å². The number of hydrogen-bond donors (Lipinski definition) is 0. The van der Waals surface area contributed by atoms with Crippen LogP contribution in [0.3, 0.4) is 0 Å². The number of ether oxygens (including phenoxy) is 5. The summed E-state index contributed by atoms with van der Waals surface area (Å²) < 4.78 is 28.7. The molecule has 0 radical (unpaired) electrons. The molecule has 3 rings (SSSR count). The molecule has 0 spiro atoms. The second-order valence-electron chi connectivity index (χ2n) is 10.4. The van der Waals surface area contributed by atoms with Crippen molar-refractivity contribution in [3.63, 3.8) is 0 Å². The van der Waals surface area contributed by atoms with Crippen molar-refractivity contribution in [2.45, 2.75) is 52.6 Å². The van der Waals surface area contributed by atoms with E-state index in [1.165, 1.54) is 11.1 Å². The van der Waals surface area contributed by atoms with Crippen molar-refractivity contribution in [3.05, 3.63) is 64.7 Å². The standard InChI is InChI=1S/C30H40O6/c1-9-19(2)29(31)36-18-24-22(14-20-10-12-23(13-11-20)30(3,4)5)17-35-27(24)21-15-25(32-6)28(34-8)26(16-21)33-7/h9-13,15-16,22,24,27H,14,17-18H2,1-8H3/b19-9+/t22-,24-,27+/m0/s1. The number of carbonyl (C=O) groups is 1. The monoisotopic (exact) mass is 496 g/mol. The quantitative estimate of drug-likeness (QED) is 0.310. The number of methoxy groups -OCH3 is 3. The Labute approximate surface area is 215 Å². The van der Waals surface area contributed by atoms with Crippen LogP contribution in [0.4, 0.5) is 0 Å². The van der Waals surface area contributed by atoms with Gasteiger partial charge in [0.15, 0.2) is 11.5 Å². The average molecular weight is 497 g/mol. The molecule has 0 saturated carbocycles. The van der Waals surface area contributed by atoms with Crippen molar-refractivity contribution in [1.82, 2.24) is 0 Å². The molecule has 1 fully saturated rings. The first-order chi connectivity index (χ1) is 17.1. The molecule has 6 heteroatoms. The predicted octanol–water partition coefficient (Wildman–Crippen LogP) is 6.07. The molecule has 1 aliphatic heterocycles. The fourth-order valence-electron chi connectivity index (χ4n) is 4.61. The SMILES string of the molecule is C/C=C(\C)C(=O)OC[C@H]1[C@@H](Cc2ccc(C(C)(C)C)cc2)CO[C@@H]1c1cc(OC)c(OC)c(OC)c1. The third kappa shape index (κ3) is 6.22. The summed E-state index contributed by atoms with van der Waals surface area (Å²) in [5.74, 6) is 1.50. The second-order valence-corrected chi connectivity index (χ2v) is 10.4. The predicted molar refractivity (Wildman–Crippen MR) is 141 cm³/mol. The van der Waals surface area contributed by atoms with Gasteiger partial charge in [-0.2, -0.15) is 0 Å². The minimum atomic E-state index is -0.304. The van der Waals surface area contributed by atoms with Crippen LogP contribution in [0.5, 0.6) is 17.2 Å². The maximum Gasteiger partial charge on any atom is 0.333 e. The largest absolute Gasteiger partial charge is 0.493 e. The number of hydrogen-bond acceptors (Lipinski definition) is 6. The summed E-state index contributed by atoms with van der Waals surface area (Å²) in [6, 6.07) is 12.6. The lowest BCUT2D eigenvalue weighted by Crippen LogP contribution is -2.25. The summed E-state index contributed by atoms with van der Waals surface area (Å²) in [5.41, 5.74) is 4.14. The highest BCUT2D eigenvalue weighted by Gasteiger charge is 2.40. The number of allylic oxidation sites excluding steroid dienone is 1. The molecule has 1 heterocycles. The van der Waals surface area contributed by atoms with Crippen molar-refractivity contribution >= 4 is 5.97 Å². The first kappa shape index (κ1) is 27.6. The number of esters is 1. The van der Waals surface area contributed by atoms with Crippen molar-refractivity contribution in [1.29, 1.82) is 0 Å². The Hall–Kier alpha value is -2.99. The Kier molecular flexibility index (Phi) is 9.07. The van der Waals surface area contributed by atoms with Gasteiger partial charge in [0.1, 0.15) is 0 Å². The molecule has 2 aromatic rings. The normalized spacial score (nSPS) is 20.2. The van der Waals surface area contributed by atoms with Crippen LogP contribution in [0.25, 0.3) is 0 Å². The molecule has 1 saturated heterocycles. The van der Waals surface area contributed by atoms with Crippen molar-refractivity contribution in [3.8, 4) is 17.2 Å². The lowest BCUT2D eigenvalue weighted by Gasteiger charge is -2.25. The van der Waals surface area contributed by atoms with Crippen LogP contribution in [-0.4, -0.2) is 40.5 Å². The highest BCUT2D eigenvalue weighted by Crippen LogP contribution is 2.46. The lowest BCUT2D eigenvalue weighted by atomic mass is 9.82. The third-order valence-electron chi connectivity index (χ3n) is 6.98. The van der Waals surface area contributed by atoms with E-state index in [1.807, 2.05) is 19.1 Å². The minimum absolute atomic E-state index is 0.0382. The lowest BCUT2D eigenvalue weighted by molar-refractivity contribution is -0.141. The molecule has 36 heavy (non-hydrogen) atoms. The Morgan fingerprint density at radius 3 is 2.14 bits per heavy atom. The van der Waals surface area contributed by atoms with Crippen LogP contribution in [0.2, 0.25) is 0 Å². The first-order valence-corrected chi connectivity index (χ1v) is 12.4. The van der Waals surface area contributed by atoms with Gasteiger partial charge in [-0.3, -0.25) is 0 Å². The van der Waals surface area contributed by atoms with E-state index in [1.54, 1.807) is 34.3 Å². The zero-order valence-electron chi connectivity index (χ0n) is 22.8. The molecular weight excluding hydrogens is 456 g/mol. The molecule has 0 bridgehead atoms. The Bertz CT molecular complexity index is 1040.